The second kappa shape index (κ2) is 21.3. The number of hydrogen-bond acceptors (Lipinski definition) is 6. The first-order valence-corrected chi connectivity index (χ1v) is 12.1. The van der Waals surface area contributed by atoms with Crippen LogP contribution in [0, 0.1) is 0 Å². The molecule has 0 spiro atoms. The molecule has 0 aliphatic heterocycles. The zero-order chi connectivity index (χ0) is 23.5. The highest BCUT2D eigenvalue weighted by Crippen LogP contribution is 2.18. The maximum Gasteiger partial charge on any atom is 0.305 e. The van der Waals surface area contributed by atoms with Crippen molar-refractivity contribution >= 4 is 59.7 Å². The van der Waals surface area contributed by atoms with Crippen molar-refractivity contribution in [3.8, 4) is 11.5 Å². The SMILES string of the molecule is C.COC(=O)CCCBr.COC(=O)CCCOc1cccc(Br)c1.Oc1cccc(Br)c1. The number of ether oxygens (including phenoxy) is 3. The van der Waals surface area contributed by atoms with Crippen LogP contribution < -0.4 is 4.74 Å². The van der Waals surface area contributed by atoms with E-state index in [1.165, 1.54) is 14.2 Å². The van der Waals surface area contributed by atoms with Crippen LogP contribution in [0.25, 0.3) is 0 Å². The highest BCUT2D eigenvalue weighted by atomic mass is 79.9. The predicted octanol–water partition coefficient (Wildman–Crippen LogP) is 6.91. The van der Waals surface area contributed by atoms with E-state index in [4.69, 9.17) is 9.84 Å². The number of carbonyl (C=O) groups excluding carboxylic acids is 2. The summed E-state index contributed by atoms with van der Waals surface area (Å²) in [6, 6.07) is 14.5. The van der Waals surface area contributed by atoms with Crippen molar-refractivity contribution in [3.63, 3.8) is 0 Å². The number of halogens is 3. The molecule has 0 radical (unpaired) electrons. The molecule has 2 aromatic rings. The molecule has 0 fully saturated rings. The van der Waals surface area contributed by atoms with Crippen molar-refractivity contribution in [2.75, 3.05) is 26.2 Å². The minimum Gasteiger partial charge on any atom is -0.508 e. The van der Waals surface area contributed by atoms with Crippen LogP contribution in [0.15, 0.2) is 57.5 Å². The highest BCUT2D eigenvalue weighted by molar-refractivity contribution is 9.10. The van der Waals surface area contributed by atoms with Crippen molar-refractivity contribution in [1.29, 1.82) is 0 Å². The normalized spacial score (nSPS) is 9.03. The zero-order valence-corrected chi connectivity index (χ0v) is 22.2. The Labute approximate surface area is 216 Å². The van der Waals surface area contributed by atoms with Crippen LogP contribution in [-0.2, 0) is 19.1 Å². The number of hydrogen-bond donors (Lipinski definition) is 1. The van der Waals surface area contributed by atoms with Gasteiger partial charge in [0, 0.05) is 27.1 Å². The van der Waals surface area contributed by atoms with Crippen molar-refractivity contribution in [3.05, 3.63) is 57.5 Å². The average Bonchev–Trinajstić information content (AvgIpc) is 2.75. The molecule has 0 unspecified atom stereocenters. The third kappa shape index (κ3) is 19.1. The summed E-state index contributed by atoms with van der Waals surface area (Å²) in [4.78, 5) is 21.1. The van der Waals surface area contributed by atoms with Crippen molar-refractivity contribution in [2.45, 2.75) is 33.1 Å². The molecule has 32 heavy (non-hydrogen) atoms. The molecule has 0 saturated carbocycles. The van der Waals surface area contributed by atoms with E-state index < -0.39 is 0 Å². The summed E-state index contributed by atoms with van der Waals surface area (Å²) in [5.74, 6) is 0.755. The number of rotatable bonds is 8. The lowest BCUT2D eigenvalue weighted by Gasteiger charge is -2.05. The largest absolute Gasteiger partial charge is 0.508 e. The van der Waals surface area contributed by atoms with Gasteiger partial charge in [0.2, 0.25) is 0 Å². The number of esters is 2. The zero-order valence-electron chi connectivity index (χ0n) is 17.5. The first kappa shape index (κ1) is 32.6. The minimum atomic E-state index is -0.201. The second-order valence-corrected chi connectivity index (χ2v) is 8.46. The molecular formula is C23H31Br3O6. The molecule has 180 valence electrons. The third-order valence-electron chi connectivity index (χ3n) is 3.37. The number of carbonyl (C=O) groups is 2. The van der Waals surface area contributed by atoms with Crippen LogP contribution in [0.1, 0.15) is 33.1 Å². The number of alkyl halides is 1. The fourth-order valence-electron chi connectivity index (χ4n) is 1.85. The quantitative estimate of drug-likeness (QED) is 0.192. The van der Waals surface area contributed by atoms with Gasteiger partial charge in [-0.05, 0) is 49.2 Å². The Kier molecular flexibility index (Phi) is 21.7. The molecule has 2 rings (SSSR count). The van der Waals surface area contributed by atoms with Crippen LogP contribution in [0.2, 0.25) is 0 Å². The molecule has 0 heterocycles. The van der Waals surface area contributed by atoms with Crippen LogP contribution >= 0.6 is 47.8 Å². The molecule has 0 aliphatic carbocycles. The number of aromatic hydroxyl groups is 1. The molecular weight excluding hydrogens is 612 g/mol. The number of phenols is 1. The Hall–Kier alpha value is -1.58. The summed E-state index contributed by atoms with van der Waals surface area (Å²) >= 11 is 9.75. The van der Waals surface area contributed by atoms with E-state index in [9.17, 15) is 9.59 Å². The molecule has 1 N–H and O–H groups in total. The van der Waals surface area contributed by atoms with E-state index in [0.717, 1.165) is 26.4 Å². The lowest BCUT2D eigenvalue weighted by Crippen LogP contribution is -2.04. The fraction of sp³-hybridized carbons (Fsp3) is 0.391. The van der Waals surface area contributed by atoms with Gasteiger partial charge in [0.05, 0.1) is 20.8 Å². The van der Waals surface area contributed by atoms with Gasteiger partial charge in [-0.1, -0.05) is 67.3 Å². The Morgan fingerprint density at radius 3 is 1.84 bits per heavy atom. The smallest absolute Gasteiger partial charge is 0.305 e. The summed E-state index contributed by atoms with van der Waals surface area (Å²) in [5.41, 5.74) is 0. The number of phenolic OH excluding ortho intramolecular Hbond substituents is 1. The Morgan fingerprint density at radius 2 is 1.41 bits per heavy atom. The van der Waals surface area contributed by atoms with E-state index in [2.05, 4.69) is 57.3 Å². The lowest BCUT2D eigenvalue weighted by molar-refractivity contribution is -0.141. The van der Waals surface area contributed by atoms with E-state index in [1.54, 1.807) is 18.2 Å². The van der Waals surface area contributed by atoms with Crippen LogP contribution in [0.3, 0.4) is 0 Å². The summed E-state index contributed by atoms with van der Waals surface area (Å²) < 4.78 is 16.2. The van der Waals surface area contributed by atoms with E-state index in [0.29, 0.717) is 31.6 Å². The van der Waals surface area contributed by atoms with E-state index in [1.807, 2.05) is 30.3 Å². The predicted molar refractivity (Wildman–Crippen MR) is 138 cm³/mol. The first-order valence-electron chi connectivity index (χ1n) is 9.34. The molecule has 9 heteroatoms. The van der Waals surface area contributed by atoms with Gasteiger partial charge in [-0.15, -0.1) is 0 Å². The summed E-state index contributed by atoms with van der Waals surface area (Å²) in [7, 11) is 2.79. The maximum absolute atomic E-state index is 10.8. The van der Waals surface area contributed by atoms with Crippen molar-refractivity contribution in [2.24, 2.45) is 0 Å². The summed E-state index contributed by atoms with van der Waals surface area (Å²) in [5, 5.41) is 9.65. The first-order chi connectivity index (χ1) is 14.8. The monoisotopic (exact) mass is 640 g/mol. The fourth-order valence-corrected chi connectivity index (χ4v) is 2.90. The van der Waals surface area contributed by atoms with E-state index in [-0.39, 0.29) is 19.4 Å². The number of benzene rings is 2. The summed E-state index contributed by atoms with van der Waals surface area (Å²) in [6.07, 6.45) is 2.43. The maximum atomic E-state index is 10.8. The van der Waals surface area contributed by atoms with Gasteiger partial charge in [-0.2, -0.15) is 0 Å². The Balaban J connectivity index is 0. The topological polar surface area (TPSA) is 82.1 Å². The highest BCUT2D eigenvalue weighted by Gasteiger charge is 2.00. The van der Waals surface area contributed by atoms with Gasteiger partial charge in [0.25, 0.3) is 0 Å². The molecule has 0 aliphatic rings. The average molecular weight is 643 g/mol. The standard InChI is InChI=1S/C11H13BrO3.C6H5BrO.C5H9BrO2.CH4/c1-14-11(13)6-3-7-15-10-5-2-4-9(12)8-10;7-5-2-1-3-6(8)4-5;1-8-5(7)3-2-4-6;/h2,4-5,8H,3,6-7H2,1H3;1-4,8H;2-4H2,1H3;1H4. The molecule has 0 atom stereocenters. The van der Waals surface area contributed by atoms with Gasteiger partial charge in [-0.3, -0.25) is 9.59 Å². The van der Waals surface area contributed by atoms with Gasteiger partial charge in [0.1, 0.15) is 11.5 Å². The van der Waals surface area contributed by atoms with Crippen molar-refractivity contribution in [1.82, 2.24) is 0 Å². The molecule has 6 nitrogen and oxygen atoms in total. The molecule has 0 aromatic heterocycles. The van der Waals surface area contributed by atoms with Gasteiger partial charge in [-0.25, -0.2) is 0 Å². The van der Waals surface area contributed by atoms with Gasteiger partial charge < -0.3 is 19.3 Å². The minimum absolute atomic E-state index is 0. The Bertz CT molecular complexity index is 754. The van der Waals surface area contributed by atoms with Gasteiger partial charge >= 0.3 is 11.9 Å². The van der Waals surface area contributed by atoms with Crippen LogP contribution in [-0.4, -0.2) is 43.2 Å². The van der Waals surface area contributed by atoms with Crippen molar-refractivity contribution < 1.29 is 28.9 Å². The molecule has 2 aromatic carbocycles. The third-order valence-corrected chi connectivity index (χ3v) is 4.92. The molecule has 0 saturated heterocycles. The molecule has 0 amide bonds. The number of methoxy groups -OCH3 is 2. The molecule has 0 bridgehead atoms. The van der Waals surface area contributed by atoms with Gasteiger partial charge in [0.15, 0.2) is 0 Å². The second-order valence-electron chi connectivity index (χ2n) is 5.83. The van der Waals surface area contributed by atoms with Crippen LogP contribution in [0.4, 0.5) is 0 Å². The Morgan fingerprint density at radius 1 is 0.875 bits per heavy atom. The lowest BCUT2D eigenvalue weighted by atomic mass is 10.3. The summed E-state index contributed by atoms with van der Waals surface area (Å²) in [6.45, 7) is 0.519. The van der Waals surface area contributed by atoms with Crippen LogP contribution in [0.5, 0.6) is 11.5 Å². The van der Waals surface area contributed by atoms with E-state index >= 15 is 0 Å².